The molecule has 252 valence electrons. The average molecular weight is 671 g/mol. The molecule has 0 atom stereocenters. The maximum atomic E-state index is 11.3. The highest BCUT2D eigenvalue weighted by atomic mass is 16.5. The van der Waals surface area contributed by atoms with Gasteiger partial charge in [-0.3, -0.25) is 0 Å². The van der Waals surface area contributed by atoms with Crippen LogP contribution in [0.5, 0.6) is 11.5 Å². The molecule has 0 radical (unpaired) electrons. The third-order valence-electron chi connectivity index (χ3n) is 7.70. The van der Waals surface area contributed by atoms with Gasteiger partial charge in [-0.2, -0.15) is 0 Å². The van der Waals surface area contributed by atoms with Crippen molar-refractivity contribution in [1.82, 2.24) is 0 Å². The Labute approximate surface area is 289 Å². The molecule has 0 aromatic heterocycles. The average Bonchev–Trinajstić information content (AvgIpc) is 3.12. The summed E-state index contributed by atoms with van der Waals surface area (Å²) in [6.45, 7) is 0. The van der Waals surface area contributed by atoms with Crippen molar-refractivity contribution in [3.63, 3.8) is 0 Å². The Bertz CT molecular complexity index is 1750. The Morgan fingerprint density at radius 1 is 0.400 bits per heavy atom. The molecular formula is C40H35BO9. The largest absolute Gasteiger partial charge is 0.631 e. The number of carboxylic acids is 2. The third kappa shape index (κ3) is 9.91. The first-order valence-electron chi connectivity index (χ1n) is 15.4. The SMILES string of the molecule is O=C(O)c1cc(C(c2ccccc2)c2ccccc2)ccc1O.O=C(O)c1cc(C(c2ccccc2)c2ccccc2)ccc1O.OB(O)O. The van der Waals surface area contributed by atoms with Gasteiger partial charge in [-0.05, 0) is 57.6 Å². The van der Waals surface area contributed by atoms with Gasteiger partial charge in [0.2, 0.25) is 0 Å². The predicted molar refractivity (Wildman–Crippen MR) is 190 cm³/mol. The van der Waals surface area contributed by atoms with E-state index in [4.69, 9.17) is 15.1 Å². The van der Waals surface area contributed by atoms with Crippen molar-refractivity contribution in [1.29, 1.82) is 0 Å². The minimum Gasteiger partial charge on any atom is -0.507 e. The number of rotatable bonds is 8. The van der Waals surface area contributed by atoms with Crippen molar-refractivity contribution >= 4 is 19.3 Å². The summed E-state index contributed by atoms with van der Waals surface area (Å²) in [6.07, 6.45) is 0. The van der Waals surface area contributed by atoms with Crippen LogP contribution < -0.4 is 0 Å². The maximum absolute atomic E-state index is 11.3. The molecule has 9 nitrogen and oxygen atoms in total. The van der Waals surface area contributed by atoms with Gasteiger partial charge in [0.25, 0.3) is 0 Å². The highest BCUT2D eigenvalue weighted by molar-refractivity contribution is 6.30. The zero-order valence-corrected chi connectivity index (χ0v) is 26.7. The van der Waals surface area contributed by atoms with E-state index in [2.05, 4.69) is 0 Å². The molecule has 6 aromatic carbocycles. The van der Waals surface area contributed by atoms with Gasteiger partial charge in [0, 0.05) is 11.8 Å². The van der Waals surface area contributed by atoms with Crippen LogP contribution in [0, 0.1) is 0 Å². The van der Waals surface area contributed by atoms with Gasteiger partial charge in [0.1, 0.15) is 22.6 Å². The van der Waals surface area contributed by atoms with Crippen LogP contribution in [0.2, 0.25) is 0 Å². The van der Waals surface area contributed by atoms with Crippen LogP contribution in [-0.4, -0.2) is 54.8 Å². The minimum absolute atomic E-state index is 0.0839. The molecule has 0 heterocycles. The van der Waals surface area contributed by atoms with Gasteiger partial charge < -0.3 is 35.5 Å². The van der Waals surface area contributed by atoms with Crippen molar-refractivity contribution < 1.29 is 45.1 Å². The van der Waals surface area contributed by atoms with Crippen LogP contribution in [0.15, 0.2) is 158 Å². The Kier molecular flexibility index (Phi) is 13.1. The lowest BCUT2D eigenvalue weighted by Crippen LogP contribution is -2.07. The van der Waals surface area contributed by atoms with Crippen LogP contribution in [0.4, 0.5) is 0 Å². The summed E-state index contributed by atoms with van der Waals surface area (Å²) >= 11 is 0. The quantitative estimate of drug-likeness (QED) is 0.0705. The minimum atomic E-state index is -2.17. The van der Waals surface area contributed by atoms with Crippen molar-refractivity contribution in [2.75, 3.05) is 0 Å². The van der Waals surface area contributed by atoms with E-state index < -0.39 is 19.3 Å². The Morgan fingerprint density at radius 2 is 0.640 bits per heavy atom. The Hall–Kier alpha value is -6.20. The van der Waals surface area contributed by atoms with E-state index in [9.17, 15) is 30.0 Å². The van der Waals surface area contributed by atoms with Gasteiger partial charge in [-0.15, -0.1) is 0 Å². The highest BCUT2D eigenvalue weighted by Gasteiger charge is 2.21. The van der Waals surface area contributed by atoms with Gasteiger partial charge >= 0.3 is 19.3 Å². The van der Waals surface area contributed by atoms with E-state index in [1.807, 2.05) is 121 Å². The highest BCUT2D eigenvalue weighted by Crippen LogP contribution is 2.35. The fourth-order valence-electron chi connectivity index (χ4n) is 5.55. The van der Waals surface area contributed by atoms with Crippen LogP contribution >= 0.6 is 0 Å². The fraction of sp³-hybridized carbons (Fsp3) is 0.0500. The monoisotopic (exact) mass is 670 g/mol. The summed E-state index contributed by atoms with van der Waals surface area (Å²) in [6, 6.07) is 49.2. The molecule has 0 unspecified atom stereocenters. The number of carboxylic acid groups (broad SMARTS) is 2. The summed E-state index contributed by atoms with van der Waals surface area (Å²) < 4.78 is 0. The third-order valence-corrected chi connectivity index (χ3v) is 7.70. The van der Waals surface area contributed by atoms with Gasteiger partial charge in [-0.1, -0.05) is 133 Å². The summed E-state index contributed by atoms with van der Waals surface area (Å²) in [5.74, 6) is -2.89. The summed E-state index contributed by atoms with van der Waals surface area (Å²) in [5.41, 5.74) is 5.77. The molecule has 6 rings (SSSR count). The number of aromatic hydroxyl groups is 2. The molecule has 7 N–H and O–H groups in total. The topological polar surface area (TPSA) is 176 Å². The lowest BCUT2D eigenvalue weighted by atomic mass is 9.84. The second kappa shape index (κ2) is 17.8. The normalized spacial score (nSPS) is 10.3. The molecule has 0 amide bonds. The van der Waals surface area contributed by atoms with Gasteiger partial charge in [-0.25, -0.2) is 9.59 Å². The molecule has 0 fully saturated rings. The Balaban J connectivity index is 0.000000203. The standard InChI is InChI=1S/2C20H16O3.BH3O3/c2*21-18-12-11-16(13-17(18)20(22)23)19(14-7-3-1-4-8-14)15-9-5-2-6-10-15;2-1(3)4/h2*1-13,19,21H,(H,22,23);2-4H. The van der Waals surface area contributed by atoms with Crippen molar-refractivity contribution in [2.45, 2.75) is 11.8 Å². The fourth-order valence-corrected chi connectivity index (χ4v) is 5.55. The lowest BCUT2D eigenvalue weighted by molar-refractivity contribution is 0.0682. The van der Waals surface area contributed by atoms with E-state index >= 15 is 0 Å². The lowest BCUT2D eigenvalue weighted by Gasteiger charge is -2.19. The van der Waals surface area contributed by atoms with Crippen molar-refractivity contribution in [3.05, 3.63) is 202 Å². The number of phenols is 2. The molecular weight excluding hydrogens is 635 g/mol. The first-order valence-corrected chi connectivity index (χ1v) is 15.4. The zero-order chi connectivity index (χ0) is 36.0. The summed E-state index contributed by atoms with van der Waals surface area (Å²) in [5, 5.41) is 59.5. The first-order chi connectivity index (χ1) is 24.1. The molecule has 0 spiro atoms. The van der Waals surface area contributed by atoms with Gasteiger partial charge in [0.15, 0.2) is 0 Å². The van der Waals surface area contributed by atoms with Crippen LogP contribution in [0.3, 0.4) is 0 Å². The van der Waals surface area contributed by atoms with Crippen LogP contribution in [-0.2, 0) is 0 Å². The number of aromatic carboxylic acids is 2. The number of benzene rings is 6. The number of carbonyl (C=O) groups is 2. The molecule has 50 heavy (non-hydrogen) atoms. The second-order valence-corrected chi connectivity index (χ2v) is 11.0. The zero-order valence-electron chi connectivity index (χ0n) is 26.7. The van der Waals surface area contributed by atoms with E-state index in [1.54, 1.807) is 24.3 Å². The molecule has 0 saturated heterocycles. The maximum Gasteiger partial charge on any atom is 0.631 e. The molecule has 0 aliphatic rings. The van der Waals surface area contributed by atoms with E-state index in [1.165, 1.54) is 12.1 Å². The summed E-state index contributed by atoms with van der Waals surface area (Å²) in [4.78, 5) is 22.6. The van der Waals surface area contributed by atoms with Crippen molar-refractivity contribution in [2.24, 2.45) is 0 Å². The van der Waals surface area contributed by atoms with E-state index in [-0.39, 0.29) is 34.5 Å². The number of hydrogen-bond donors (Lipinski definition) is 7. The molecule has 6 aromatic rings. The predicted octanol–water partition coefficient (Wildman–Crippen LogP) is 6.49. The first kappa shape index (κ1) is 36.6. The smallest absolute Gasteiger partial charge is 0.507 e. The Morgan fingerprint density at radius 3 is 0.860 bits per heavy atom. The van der Waals surface area contributed by atoms with Crippen LogP contribution in [0.25, 0.3) is 0 Å². The molecule has 0 aliphatic carbocycles. The number of hydrogen-bond acceptors (Lipinski definition) is 7. The second-order valence-electron chi connectivity index (χ2n) is 11.0. The van der Waals surface area contributed by atoms with E-state index in [0.717, 1.165) is 33.4 Å². The van der Waals surface area contributed by atoms with Crippen molar-refractivity contribution in [3.8, 4) is 11.5 Å². The molecule has 10 heteroatoms. The molecule has 0 aliphatic heterocycles. The van der Waals surface area contributed by atoms with Crippen LogP contribution in [0.1, 0.15) is 65.9 Å². The van der Waals surface area contributed by atoms with E-state index in [0.29, 0.717) is 0 Å². The molecule has 0 saturated carbocycles. The summed E-state index contributed by atoms with van der Waals surface area (Å²) in [7, 11) is -2.17. The van der Waals surface area contributed by atoms with Gasteiger partial charge in [0.05, 0.1) is 0 Å². The molecule has 0 bridgehead atoms.